The van der Waals surface area contributed by atoms with Gasteiger partial charge >= 0.3 is 0 Å². The van der Waals surface area contributed by atoms with E-state index in [4.69, 9.17) is 0 Å². The topological polar surface area (TPSA) is 36.0 Å². The lowest BCUT2D eigenvalue weighted by molar-refractivity contribution is 0.235. The summed E-state index contributed by atoms with van der Waals surface area (Å²) >= 11 is 0. The third kappa shape index (κ3) is 1.90. The van der Waals surface area contributed by atoms with Crippen molar-refractivity contribution < 1.29 is 5.11 Å². The van der Waals surface area contributed by atoms with Crippen LogP contribution in [0.25, 0.3) is 10.9 Å². The first-order chi connectivity index (χ1) is 7.22. The summed E-state index contributed by atoms with van der Waals surface area (Å²) in [7, 11) is 0. The van der Waals surface area contributed by atoms with Gasteiger partial charge < -0.3 is 10.1 Å². The van der Waals surface area contributed by atoms with Crippen molar-refractivity contribution in [1.29, 1.82) is 0 Å². The van der Waals surface area contributed by atoms with Crippen molar-refractivity contribution in [3.05, 3.63) is 36.0 Å². The van der Waals surface area contributed by atoms with Crippen LogP contribution in [0.2, 0.25) is 0 Å². The van der Waals surface area contributed by atoms with Crippen molar-refractivity contribution in [2.24, 2.45) is 5.92 Å². The first kappa shape index (κ1) is 10.2. The standard InChI is InChI=1S/C13H17NO/c1-9(2)11(8-15)13-7-10-5-3-4-6-12(10)14-13/h3-7,9,11,14-15H,8H2,1-2H3. The van der Waals surface area contributed by atoms with Crippen molar-refractivity contribution in [3.8, 4) is 0 Å². The van der Waals surface area contributed by atoms with E-state index >= 15 is 0 Å². The van der Waals surface area contributed by atoms with Gasteiger partial charge in [0.2, 0.25) is 0 Å². The molecule has 1 aromatic carbocycles. The summed E-state index contributed by atoms with van der Waals surface area (Å²) in [6, 6.07) is 10.3. The Kier molecular flexibility index (Phi) is 2.78. The molecule has 0 spiro atoms. The Labute approximate surface area is 89.9 Å². The molecular weight excluding hydrogens is 186 g/mol. The zero-order chi connectivity index (χ0) is 10.8. The van der Waals surface area contributed by atoms with Crippen LogP contribution in [0.4, 0.5) is 0 Å². The van der Waals surface area contributed by atoms with Crippen molar-refractivity contribution >= 4 is 10.9 Å². The number of benzene rings is 1. The van der Waals surface area contributed by atoms with Crippen molar-refractivity contribution in [2.75, 3.05) is 6.61 Å². The molecule has 2 nitrogen and oxygen atoms in total. The molecule has 80 valence electrons. The van der Waals surface area contributed by atoms with Gasteiger partial charge in [-0.25, -0.2) is 0 Å². The molecule has 2 aromatic rings. The largest absolute Gasteiger partial charge is 0.396 e. The maximum Gasteiger partial charge on any atom is 0.0516 e. The van der Waals surface area contributed by atoms with Gasteiger partial charge in [0, 0.05) is 17.1 Å². The van der Waals surface area contributed by atoms with Gasteiger partial charge in [0.1, 0.15) is 0 Å². The molecule has 0 radical (unpaired) electrons. The van der Waals surface area contributed by atoms with E-state index in [0.717, 1.165) is 11.2 Å². The fourth-order valence-electron chi connectivity index (χ4n) is 1.96. The second kappa shape index (κ2) is 4.07. The fourth-order valence-corrected chi connectivity index (χ4v) is 1.96. The summed E-state index contributed by atoms with van der Waals surface area (Å²) < 4.78 is 0. The molecule has 2 N–H and O–H groups in total. The molecule has 0 saturated heterocycles. The van der Waals surface area contributed by atoms with Gasteiger partial charge in [0.05, 0.1) is 6.61 Å². The third-order valence-corrected chi connectivity index (χ3v) is 2.95. The number of aromatic nitrogens is 1. The predicted molar refractivity (Wildman–Crippen MR) is 63.0 cm³/mol. The molecule has 15 heavy (non-hydrogen) atoms. The Morgan fingerprint density at radius 2 is 2.00 bits per heavy atom. The van der Waals surface area contributed by atoms with Crippen molar-refractivity contribution in [3.63, 3.8) is 0 Å². The predicted octanol–water partition coefficient (Wildman–Crippen LogP) is 2.90. The monoisotopic (exact) mass is 203 g/mol. The molecule has 0 aliphatic heterocycles. The number of aliphatic hydroxyl groups excluding tert-OH is 1. The Morgan fingerprint density at radius 3 is 2.60 bits per heavy atom. The molecule has 0 fully saturated rings. The van der Waals surface area contributed by atoms with E-state index in [-0.39, 0.29) is 12.5 Å². The number of hydrogen-bond acceptors (Lipinski definition) is 1. The Morgan fingerprint density at radius 1 is 1.27 bits per heavy atom. The number of H-pyrrole nitrogens is 1. The van der Waals surface area contributed by atoms with E-state index in [9.17, 15) is 5.11 Å². The molecule has 0 saturated carbocycles. The second-order valence-corrected chi connectivity index (χ2v) is 4.35. The van der Waals surface area contributed by atoms with E-state index in [1.807, 2.05) is 12.1 Å². The third-order valence-electron chi connectivity index (χ3n) is 2.95. The summed E-state index contributed by atoms with van der Waals surface area (Å²) in [6.45, 7) is 4.46. The molecule has 0 aliphatic rings. The summed E-state index contributed by atoms with van der Waals surface area (Å²) in [5, 5.41) is 10.6. The maximum atomic E-state index is 9.36. The highest BCUT2D eigenvalue weighted by atomic mass is 16.3. The number of para-hydroxylation sites is 1. The number of fused-ring (bicyclic) bond motifs is 1. The molecule has 2 rings (SSSR count). The number of rotatable bonds is 3. The van der Waals surface area contributed by atoms with Crippen LogP contribution in [0.3, 0.4) is 0 Å². The summed E-state index contributed by atoms with van der Waals surface area (Å²) in [4.78, 5) is 3.37. The minimum absolute atomic E-state index is 0.199. The van der Waals surface area contributed by atoms with Crippen LogP contribution in [-0.2, 0) is 0 Å². The van der Waals surface area contributed by atoms with Crippen LogP contribution in [0.15, 0.2) is 30.3 Å². The van der Waals surface area contributed by atoms with E-state index in [2.05, 4.69) is 37.0 Å². The van der Waals surface area contributed by atoms with Crippen LogP contribution in [0.5, 0.6) is 0 Å². The maximum absolute atomic E-state index is 9.36. The lowest BCUT2D eigenvalue weighted by atomic mass is 9.93. The number of nitrogens with one attached hydrogen (secondary N) is 1. The van der Waals surface area contributed by atoms with E-state index in [0.29, 0.717) is 5.92 Å². The molecule has 1 unspecified atom stereocenters. The first-order valence-electron chi connectivity index (χ1n) is 5.41. The molecule has 0 bridgehead atoms. The van der Waals surface area contributed by atoms with Gasteiger partial charge in [-0.15, -0.1) is 0 Å². The van der Waals surface area contributed by atoms with Gasteiger partial charge in [0.25, 0.3) is 0 Å². The minimum atomic E-state index is 0.199. The Balaban J connectivity index is 2.43. The Bertz CT molecular complexity index is 411. The molecule has 2 heteroatoms. The highest BCUT2D eigenvalue weighted by Crippen LogP contribution is 2.26. The molecule has 0 amide bonds. The Hall–Kier alpha value is -1.28. The molecule has 1 heterocycles. The minimum Gasteiger partial charge on any atom is -0.396 e. The van der Waals surface area contributed by atoms with Gasteiger partial charge in [-0.2, -0.15) is 0 Å². The molecule has 1 aromatic heterocycles. The number of aromatic amines is 1. The summed E-state index contributed by atoms with van der Waals surface area (Å²) in [5.41, 5.74) is 2.28. The van der Waals surface area contributed by atoms with Crippen LogP contribution in [0.1, 0.15) is 25.5 Å². The van der Waals surface area contributed by atoms with Crippen LogP contribution >= 0.6 is 0 Å². The molecule has 1 atom stereocenters. The van der Waals surface area contributed by atoms with Gasteiger partial charge in [0.15, 0.2) is 0 Å². The summed E-state index contributed by atoms with van der Waals surface area (Å²) in [6.07, 6.45) is 0. The highest BCUT2D eigenvalue weighted by Gasteiger charge is 2.16. The smallest absolute Gasteiger partial charge is 0.0516 e. The van der Waals surface area contributed by atoms with Crippen molar-refractivity contribution in [1.82, 2.24) is 4.98 Å². The average Bonchev–Trinajstić information content (AvgIpc) is 2.61. The van der Waals surface area contributed by atoms with Crippen LogP contribution < -0.4 is 0 Å². The normalized spacial score (nSPS) is 13.6. The highest BCUT2D eigenvalue weighted by molar-refractivity contribution is 5.80. The van der Waals surface area contributed by atoms with E-state index < -0.39 is 0 Å². The second-order valence-electron chi connectivity index (χ2n) is 4.35. The number of aliphatic hydroxyl groups is 1. The average molecular weight is 203 g/mol. The van der Waals surface area contributed by atoms with Crippen molar-refractivity contribution in [2.45, 2.75) is 19.8 Å². The summed E-state index contributed by atoms with van der Waals surface area (Å²) in [5.74, 6) is 0.653. The van der Waals surface area contributed by atoms with E-state index in [1.54, 1.807) is 0 Å². The van der Waals surface area contributed by atoms with E-state index in [1.165, 1.54) is 5.39 Å². The number of hydrogen-bond donors (Lipinski definition) is 2. The van der Waals surface area contributed by atoms with Gasteiger partial charge in [-0.3, -0.25) is 0 Å². The zero-order valence-electron chi connectivity index (χ0n) is 9.20. The van der Waals surface area contributed by atoms with Crippen LogP contribution in [0, 0.1) is 5.92 Å². The van der Waals surface area contributed by atoms with Crippen LogP contribution in [-0.4, -0.2) is 16.7 Å². The quantitative estimate of drug-likeness (QED) is 0.790. The lowest BCUT2D eigenvalue weighted by Gasteiger charge is -2.16. The first-order valence-corrected chi connectivity index (χ1v) is 5.41. The lowest BCUT2D eigenvalue weighted by Crippen LogP contribution is -2.11. The SMILES string of the molecule is CC(C)C(CO)c1cc2ccccc2[nH]1. The zero-order valence-corrected chi connectivity index (χ0v) is 9.20. The fraction of sp³-hybridized carbons (Fsp3) is 0.385. The van der Waals surface area contributed by atoms with Gasteiger partial charge in [-0.05, 0) is 23.4 Å². The molecular formula is C13H17NO. The van der Waals surface area contributed by atoms with Gasteiger partial charge in [-0.1, -0.05) is 32.0 Å². The molecule has 0 aliphatic carbocycles.